The van der Waals surface area contributed by atoms with E-state index in [1.54, 1.807) is 18.3 Å². The first-order chi connectivity index (χ1) is 11.6. The van der Waals surface area contributed by atoms with Gasteiger partial charge in [-0.05, 0) is 35.2 Å². The smallest absolute Gasteiger partial charge is 0.288 e. The van der Waals surface area contributed by atoms with Gasteiger partial charge in [0.1, 0.15) is 5.69 Å². The normalized spacial score (nSPS) is 11.5. The Balaban J connectivity index is 1.83. The zero-order chi connectivity index (χ0) is 17.1. The number of carbonyl (C=O) groups excluding carboxylic acids is 1. The number of hydrazone groups is 1. The van der Waals surface area contributed by atoms with Crippen molar-refractivity contribution in [3.8, 4) is 0 Å². The van der Waals surface area contributed by atoms with Crippen molar-refractivity contribution in [1.29, 1.82) is 0 Å². The Morgan fingerprint density at radius 2 is 1.88 bits per heavy atom. The van der Waals surface area contributed by atoms with Crippen LogP contribution >= 0.6 is 11.6 Å². The molecule has 1 heterocycles. The Hall–Kier alpha value is -2.59. The maximum atomic E-state index is 12.5. The van der Waals surface area contributed by atoms with Gasteiger partial charge < -0.3 is 4.98 Å². The average Bonchev–Trinajstić information content (AvgIpc) is 2.96. The predicted octanol–water partition coefficient (Wildman–Crippen LogP) is 4.71. The second kappa shape index (κ2) is 6.89. The molecule has 2 N–H and O–H groups in total. The van der Waals surface area contributed by atoms with E-state index in [0.29, 0.717) is 10.7 Å². The van der Waals surface area contributed by atoms with E-state index in [0.717, 1.165) is 22.0 Å². The van der Waals surface area contributed by atoms with Crippen molar-refractivity contribution in [2.75, 3.05) is 0 Å². The number of rotatable bonds is 4. The summed E-state index contributed by atoms with van der Waals surface area (Å²) < 4.78 is 0. The fourth-order valence-electron chi connectivity index (χ4n) is 2.71. The van der Waals surface area contributed by atoms with Gasteiger partial charge in [0, 0.05) is 15.9 Å². The molecule has 1 amide bonds. The van der Waals surface area contributed by atoms with Crippen LogP contribution in [0.4, 0.5) is 0 Å². The second-order valence-corrected chi connectivity index (χ2v) is 6.30. The molecule has 0 spiro atoms. The van der Waals surface area contributed by atoms with Gasteiger partial charge in [-0.1, -0.05) is 55.8 Å². The topological polar surface area (TPSA) is 57.2 Å². The van der Waals surface area contributed by atoms with Crippen molar-refractivity contribution in [2.24, 2.45) is 5.10 Å². The summed E-state index contributed by atoms with van der Waals surface area (Å²) in [7, 11) is 0. The van der Waals surface area contributed by atoms with Gasteiger partial charge >= 0.3 is 0 Å². The van der Waals surface area contributed by atoms with Crippen molar-refractivity contribution in [3.63, 3.8) is 0 Å². The van der Waals surface area contributed by atoms with E-state index in [1.165, 1.54) is 0 Å². The highest BCUT2D eigenvalue weighted by molar-refractivity contribution is 6.30. The maximum Gasteiger partial charge on any atom is 0.288 e. The Kier molecular flexibility index (Phi) is 4.67. The largest absolute Gasteiger partial charge is 0.350 e. The SMILES string of the molecule is CC(C)c1c(C(=O)N/N=C/c2ccc(Cl)cc2)[nH]c2ccccc12. The lowest BCUT2D eigenvalue weighted by atomic mass is 9.99. The Morgan fingerprint density at radius 3 is 2.58 bits per heavy atom. The van der Waals surface area contributed by atoms with E-state index in [9.17, 15) is 4.79 Å². The van der Waals surface area contributed by atoms with Gasteiger partial charge in [-0.2, -0.15) is 5.10 Å². The number of aromatic amines is 1. The van der Waals surface area contributed by atoms with Crippen molar-refractivity contribution >= 4 is 34.6 Å². The number of H-pyrrole nitrogens is 1. The molecule has 0 aliphatic carbocycles. The third-order valence-corrected chi connectivity index (χ3v) is 4.05. The average molecular weight is 340 g/mol. The van der Waals surface area contributed by atoms with E-state index in [-0.39, 0.29) is 11.8 Å². The molecule has 0 saturated heterocycles. The number of amides is 1. The molecule has 3 rings (SSSR count). The summed E-state index contributed by atoms with van der Waals surface area (Å²) in [6.45, 7) is 4.15. The number of hydrogen-bond acceptors (Lipinski definition) is 2. The summed E-state index contributed by atoms with van der Waals surface area (Å²) in [4.78, 5) is 15.7. The number of fused-ring (bicyclic) bond motifs is 1. The van der Waals surface area contributed by atoms with E-state index in [2.05, 4.69) is 29.4 Å². The minimum Gasteiger partial charge on any atom is -0.350 e. The number of nitrogens with zero attached hydrogens (tertiary/aromatic N) is 1. The molecule has 0 unspecified atom stereocenters. The highest BCUT2D eigenvalue weighted by Gasteiger charge is 2.19. The zero-order valence-corrected chi connectivity index (χ0v) is 14.3. The Bertz CT molecular complexity index is 895. The minimum atomic E-state index is -0.250. The van der Waals surface area contributed by atoms with Gasteiger partial charge in [0.05, 0.1) is 6.21 Å². The van der Waals surface area contributed by atoms with Gasteiger partial charge in [-0.25, -0.2) is 5.43 Å². The lowest BCUT2D eigenvalue weighted by Crippen LogP contribution is -2.19. The van der Waals surface area contributed by atoms with Crippen LogP contribution in [0.5, 0.6) is 0 Å². The summed E-state index contributed by atoms with van der Waals surface area (Å²) >= 11 is 5.84. The molecule has 0 fully saturated rings. The van der Waals surface area contributed by atoms with Crippen LogP contribution in [0.3, 0.4) is 0 Å². The van der Waals surface area contributed by atoms with E-state index in [1.807, 2.05) is 36.4 Å². The first-order valence-corrected chi connectivity index (χ1v) is 8.13. The summed E-state index contributed by atoms with van der Waals surface area (Å²) in [5.41, 5.74) is 5.96. The molecule has 5 heteroatoms. The van der Waals surface area contributed by atoms with Crippen LogP contribution in [-0.2, 0) is 0 Å². The summed E-state index contributed by atoms with van der Waals surface area (Å²) in [6.07, 6.45) is 1.59. The fourth-order valence-corrected chi connectivity index (χ4v) is 2.84. The second-order valence-electron chi connectivity index (χ2n) is 5.86. The van der Waals surface area contributed by atoms with E-state index in [4.69, 9.17) is 11.6 Å². The van der Waals surface area contributed by atoms with Crippen LogP contribution in [-0.4, -0.2) is 17.1 Å². The van der Waals surface area contributed by atoms with Gasteiger partial charge in [0.15, 0.2) is 0 Å². The number of benzene rings is 2. The molecule has 0 bridgehead atoms. The fraction of sp³-hybridized carbons (Fsp3) is 0.158. The van der Waals surface area contributed by atoms with Crippen molar-refractivity contribution < 1.29 is 4.79 Å². The van der Waals surface area contributed by atoms with Crippen LogP contribution in [0.2, 0.25) is 5.02 Å². The van der Waals surface area contributed by atoms with E-state index >= 15 is 0 Å². The number of carbonyl (C=O) groups is 1. The molecule has 4 nitrogen and oxygen atoms in total. The molecule has 0 atom stereocenters. The van der Waals surface area contributed by atoms with Gasteiger partial charge in [-0.3, -0.25) is 4.79 Å². The molecule has 24 heavy (non-hydrogen) atoms. The zero-order valence-electron chi connectivity index (χ0n) is 13.5. The van der Waals surface area contributed by atoms with Gasteiger partial charge in [0.2, 0.25) is 0 Å². The highest BCUT2D eigenvalue weighted by Crippen LogP contribution is 2.28. The van der Waals surface area contributed by atoms with Crippen molar-refractivity contribution in [1.82, 2.24) is 10.4 Å². The van der Waals surface area contributed by atoms with Crippen LogP contribution < -0.4 is 5.43 Å². The third-order valence-electron chi connectivity index (χ3n) is 3.80. The standard InChI is InChI=1S/C19H18ClN3O/c1-12(2)17-15-5-3-4-6-16(15)22-18(17)19(24)23-21-11-13-7-9-14(20)10-8-13/h3-12,22H,1-2H3,(H,23,24)/b21-11+. The molecule has 2 aromatic carbocycles. The first-order valence-electron chi connectivity index (χ1n) is 7.76. The lowest BCUT2D eigenvalue weighted by molar-refractivity contribution is 0.0949. The van der Waals surface area contributed by atoms with Crippen LogP contribution in [0, 0.1) is 0 Å². The molecular weight excluding hydrogens is 322 g/mol. The number of halogens is 1. The van der Waals surface area contributed by atoms with Crippen molar-refractivity contribution in [3.05, 3.63) is 70.4 Å². The number of hydrogen-bond donors (Lipinski definition) is 2. The summed E-state index contributed by atoms with van der Waals surface area (Å²) in [6, 6.07) is 15.1. The quantitative estimate of drug-likeness (QED) is 0.525. The first kappa shape index (κ1) is 16.3. The minimum absolute atomic E-state index is 0.224. The summed E-state index contributed by atoms with van der Waals surface area (Å²) in [5, 5.41) is 5.76. The molecular formula is C19H18ClN3O. The molecule has 1 aromatic heterocycles. The monoisotopic (exact) mass is 339 g/mol. The summed E-state index contributed by atoms with van der Waals surface area (Å²) in [5.74, 6) is -0.0257. The van der Waals surface area contributed by atoms with Crippen LogP contribution in [0.1, 0.15) is 41.4 Å². The number of aromatic nitrogens is 1. The predicted molar refractivity (Wildman–Crippen MR) is 98.9 cm³/mol. The van der Waals surface area contributed by atoms with Crippen LogP contribution in [0.15, 0.2) is 53.6 Å². The van der Waals surface area contributed by atoms with Crippen molar-refractivity contribution in [2.45, 2.75) is 19.8 Å². The van der Waals surface area contributed by atoms with Gasteiger partial charge in [0.25, 0.3) is 5.91 Å². The van der Waals surface area contributed by atoms with Crippen LogP contribution in [0.25, 0.3) is 10.9 Å². The molecule has 0 saturated carbocycles. The highest BCUT2D eigenvalue weighted by atomic mass is 35.5. The molecule has 0 radical (unpaired) electrons. The Labute approximate surface area is 145 Å². The molecule has 0 aliphatic heterocycles. The molecule has 122 valence electrons. The van der Waals surface area contributed by atoms with Gasteiger partial charge in [-0.15, -0.1) is 0 Å². The molecule has 0 aliphatic rings. The maximum absolute atomic E-state index is 12.5. The molecule has 3 aromatic rings. The third kappa shape index (κ3) is 3.34. The van der Waals surface area contributed by atoms with E-state index < -0.39 is 0 Å². The number of nitrogens with one attached hydrogen (secondary N) is 2. The number of para-hydroxylation sites is 1. The Morgan fingerprint density at radius 1 is 1.17 bits per heavy atom. The lowest BCUT2D eigenvalue weighted by Gasteiger charge is -2.07.